The fourth-order valence-corrected chi connectivity index (χ4v) is 6.48. The molecule has 2 aromatic carbocycles. The van der Waals surface area contributed by atoms with Crippen LogP contribution in [0.3, 0.4) is 0 Å². The standard InChI is InChI=1S/C38H50N6O6S/c1-6-26(4)36-41-30(23-51-36)21-44(5)37(47)43-34(25(2)3)35(46)40-29(17-27-13-9-7-10-14-27)19-33(45)32(18-28-15-11-8-12-16-28)42-38(48)49-22-31-20-39-24-50-31/h7-16,20,23-26,29,32-34,45H,6,17-19,21-22H2,1-5H3,(H,40,46)(H,42,48)(H,43,47)/t26?,29-,32-,33-,34-/m0/s1. The highest BCUT2D eigenvalue weighted by atomic mass is 32.1. The second kappa shape index (κ2) is 19.6. The van der Waals surface area contributed by atoms with Gasteiger partial charge in [-0.3, -0.25) is 4.79 Å². The van der Waals surface area contributed by atoms with Crippen LogP contribution in [-0.2, 0) is 35.5 Å². The first-order chi connectivity index (χ1) is 24.5. The lowest BCUT2D eigenvalue weighted by Gasteiger charge is -2.30. The third-order valence-corrected chi connectivity index (χ3v) is 9.79. The molecule has 0 aliphatic heterocycles. The smallest absolute Gasteiger partial charge is 0.407 e. The Morgan fingerprint density at radius 2 is 1.63 bits per heavy atom. The van der Waals surface area contributed by atoms with Crippen LogP contribution in [0.5, 0.6) is 0 Å². The lowest BCUT2D eigenvalue weighted by molar-refractivity contribution is -0.124. The van der Waals surface area contributed by atoms with E-state index in [0.29, 0.717) is 31.1 Å². The Morgan fingerprint density at radius 3 is 2.24 bits per heavy atom. The molecule has 0 radical (unpaired) electrons. The van der Waals surface area contributed by atoms with E-state index in [4.69, 9.17) is 14.1 Å². The van der Waals surface area contributed by atoms with Crippen molar-refractivity contribution in [1.82, 2.24) is 30.8 Å². The van der Waals surface area contributed by atoms with E-state index >= 15 is 0 Å². The summed E-state index contributed by atoms with van der Waals surface area (Å²) in [5, 5.41) is 23.5. The van der Waals surface area contributed by atoms with Crippen molar-refractivity contribution in [2.75, 3.05) is 7.05 Å². The largest absolute Gasteiger partial charge is 0.445 e. The third-order valence-electron chi connectivity index (χ3n) is 8.67. The van der Waals surface area contributed by atoms with Gasteiger partial charge in [0.1, 0.15) is 6.04 Å². The molecule has 4 rings (SSSR count). The fourth-order valence-electron chi connectivity index (χ4n) is 5.52. The molecule has 0 bridgehead atoms. The van der Waals surface area contributed by atoms with Gasteiger partial charge in [0.2, 0.25) is 5.91 Å². The van der Waals surface area contributed by atoms with E-state index in [1.165, 1.54) is 17.5 Å². The van der Waals surface area contributed by atoms with Gasteiger partial charge in [-0.15, -0.1) is 11.3 Å². The van der Waals surface area contributed by atoms with Crippen molar-refractivity contribution in [2.45, 2.75) is 96.7 Å². The number of carbonyl (C=O) groups excluding carboxylic acids is 3. The van der Waals surface area contributed by atoms with Crippen LogP contribution >= 0.6 is 11.3 Å². The number of carbonyl (C=O) groups is 3. The van der Waals surface area contributed by atoms with Gasteiger partial charge < -0.3 is 35.1 Å². The molecule has 0 saturated carbocycles. The Morgan fingerprint density at radius 1 is 0.961 bits per heavy atom. The number of rotatable bonds is 18. The van der Waals surface area contributed by atoms with E-state index in [1.807, 2.05) is 79.9 Å². The average molecular weight is 719 g/mol. The summed E-state index contributed by atoms with van der Waals surface area (Å²) in [4.78, 5) is 50.1. The van der Waals surface area contributed by atoms with Crippen molar-refractivity contribution < 1.29 is 28.6 Å². The van der Waals surface area contributed by atoms with Gasteiger partial charge in [-0.2, -0.15) is 0 Å². The highest BCUT2D eigenvalue weighted by Gasteiger charge is 2.31. The zero-order valence-electron chi connectivity index (χ0n) is 30.0. The molecule has 13 heteroatoms. The van der Waals surface area contributed by atoms with Crippen molar-refractivity contribution >= 4 is 29.4 Å². The maximum Gasteiger partial charge on any atom is 0.407 e. The monoisotopic (exact) mass is 718 g/mol. The minimum Gasteiger partial charge on any atom is -0.445 e. The zero-order chi connectivity index (χ0) is 36.8. The molecule has 4 aromatic rings. The van der Waals surface area contributed by atoms with Crippen LogP contribution in [0.25, 0.3) is 0 Å². The maximum absolute atomic E-state index is 13.9. The number of amides is 4. The molecular formula is C38H50N6O6S. The SMILES string of the molecule is CCC(C)c1nc(CN(C)C(=O)N[C@H](C(=O)N[C@@H](Cc2ccccc2)C[C@H](O)[C@H](Cc2ccccc2)NC(=O)OCc2cnco2)C(C)C)cs1. The van der Waals surface area contributed by atoms with Gasteiger partial charge >= 0.3 is 12.1 Å². The number of aromatic nitrogens is 2. The van der Waals surface area contributed by atoms with Crippen molar-refractivity contribution in [3.05, 3.63) is 106 Å². The summed E-state index contributed by atoms with van der Waals surface area (Å²) in [7, 11) is 1.68. The van der Waals surface area contributed by atoms with Gasteiger partial charge in [0, 0.05) is 24.4 Å². The van der Waals surface area contributed by atoms with Crippen LogP contribution in [0.2, 0.25) is 0 Å². The summed E-state index contributed by atoms with van der Waals surface area (Å²) in [5.74, 6) is 0.134. The minimum absolute atomic E-state index is 0.113. The topological polar surface area (TPSA) is 159 Å². The summed E-state index contributed by atoms with van der Waals surface area (Å²) in [6.07, 6.45) is 2.73. The van der Waals surface area contributed by atoms with Crippen molar-refractivity contribution in [3.8, 4) is 0 Å². The van der Waals surface area contributed by atoms with E-state index in [1.54, 1.807) is 18.4 Å². The highest BCUT2D eigenvalue weighted by molar-refractivity contribution is 7.09. The highest BCUT2D eigenvalue weighted by Crippen LogP contribution is 2.23. The molecule has 5 atom stereocenters. The normalized spacial score (nSPS) is 14.2. The molecule has 12 nitrogen and oxygen atoms in total. The Bertz CT molecular complexity index is 1630. The van der Waals surface area contributed by atoms with Crippen LogP contribution in [0.4, 0.5) is 9.59 Å². The number of ether oxygens (including phenoxy) is 1. The van der Waals surface area contributed by atoms with Crippen LogP contribution in [0.1, 0.15) is 74.0 Å². The van der Waals surface area contributed by atoms with Crippen molar-refractivity contribution in [1.29, 1.82) is 0 Å². The van der Waals surface area contributed by atoms with E-state index < -0.39 is 36.4 Å². The minimum atomic E-state index is -1.08. The zero-order valence-corrected chi connectivity index (χ0v) is 30.8. The summed E-state index contributed by atoms with van der Waals surface area (Å²) in [5.41, 5.74) is 2.66. The molecule has 0 aliphatic carbocycles. The molecule has 0 saturated heterocycles. The number of benzene rings is 2. The molecular weight excluding hydrogens is 669 g/mol. The number of thiazole rings is 1. The molecule has 0 fully saturated rings. The summed E-state index contributed by atoms with van der Waals surface area (Å²) in [6, 6.07) is 16.6. The van der Waals surface area contributed by atoms with Crippen molar-refractivity contribution in [2.24, 2.45) is 5.92 Å². The second-order valence-corrected chi connectivity index (χ2v) is 14.1. The second-order valence-electron chi connectivity index (χ2n) is 13.2. The Hall–Kier alpha value is -4.75. The maximum atomic E-state index is 13.9. The van der Waals surface area contributed by atoms with Gasteiger partial charge in [-0.1, -0.05) is 88.4 Å². The number of hydrogen-bond acceptors (Lipinski definition) is 9. The first-order valence-electron chi connectivity index (χ1n) is 17.3. The van der Waals surface area contributed by atoms with Crippen LogP contribution in [-0.4, -0.2) is 69.3 Å². The first-order valence-corrected chi connectivity index (χ1v) is 18.2. The number of nitrogens with zero attached hydrogens (tertiary/aromatic N) is 3. The number of alkyl carbamates (subject to hydrolysis) is 1. The van der Waals surface area contributed by atoms with Gasteiger partial charge in [-0.05, 0) is 42.7 Å². The van der Waals surface area contributed by atoms with E-state index in [0.717, 1.165) is 28.2 Å². The molecule has 274 valence electrons. The summed E-state index contributed by atoms with van der Waals surface area (Å²) >= 11 is 1.59. The summed E-state index contributed by atoms with van der Waals surface area (Å²) < 4.78 is 10.5. The molecule has 4 amide bonds. The molecule has 1 unspecified atom stereocenters. The number of aliphatic hydroxyl groups excluding tert-OH is 1. The first kappa shape index (κ1) is 39.0. The molecule has 0 spiro atoms. The molecule has 0 aliphatic rings. The van der Waals surface area contributed by atoms with Gasteiger partial charge in [-0.25, -0.2) is 19.6 Å². The molecule has 51 heavy (non-hydrogen) atoms. The summed E-state index contributed by atoms with van der Waals surface area (Å²) in [6.45, 7) is 8.18. The molecule has 4 N–H and O–H groups in total. The number of aliphatic hydroxyl groups is 1. The third kappa shape index (κ3) is 12.5. The fraction of sp³-hybridized carbons (Fsp3) is 0.447. The molecule has 2 heterocycles. The lowest BCUT2D eigenvalue weighted by atomic mass is 9.93. The van der Waals surface area contributed by atoms with Crippen molar-refractivity contribution in [3.63, 3.8) is 0 Å². The lowest BCUT2D eigenvalue weighted by Crippen LogP contribution is -2.55. The van der Waals surface area contributed by atoms with Gasteiger partial charge in [0.05, 0.1) is 35.6 Å². The van der Waals surface area contributed by atoms with E-state index in [9.17, 15) is 19.5 Å². The van der Waals surface area contributed by atoms with Crippen LogP contribution in [0, 0.1) is 5.92 Å². The van der Waals surface area contributed by atoms with Gasteiger partial charge in [0.15, 0.2) is 18.8 Å². The van der Waals surface area contributed by atoms with E-state index in [-0.39, 0.29) is 24.9 Å². The average Bonchev–Trinajstić information content (AvgIpc) is 3.82. The number of urea groups is 1. The van der Waals surface area contributed by atoms with Gasteiger partial charge in [0.25, 0.3) is 0 Å². The van der Waals surface area contributed by atoms with Crippen LogP contribution in [0.15, 0.2) is 83.1 Å². The predicted molar refractivity (Wildman–Crippen MR) is 196 cm³/mol. The number of nitrogens with one attached hydrogen (secondary N) is 3. The Kier molecular flexibility index (Phi) is 15.0. The number of oxazole rings is 1. The Labute approximate surface area is 304 Å². The predicted octanol–water partition coefficient (Wildman–Crippen LogP) is 5.83. The van der Waals surface area contributed by atoms with Crippen LogP contribution < -0.4 is 16.0 Å². The quantitative estimate of drug-likeness (QED) is 0.100. The van der Waals surface area contributed by atoms with E-state index in [2.05, 4.69) is 34.8 Å². The molecule has 2 aromatic heterocycles. The Balaban J connectivity index is 1.46. The number of hydrogen-bond donors (Lipinski definition) is 4.